The van der Waals surface area contributed by atoms with E-state index >= 15 is 0 Å². The van der Waals surface area contributed by atoms with E-state index in [-0.39, 0.29) is 5.56 Å². The van der Waals surface area contributed by atoms with E-state index in [0.717, 1.165) is 0 Å². The molecule has 0 saturated heterocycles. The third-order valence-electron chi connectivity index (χ3n) is 2.19. The maximum Gasteiger partial charge on any atom is 0.325 e. The Morgan fingerprint density at radius 1 is 1.22 bits per heavy atom. The summed E-state index contributed by atoms with van der Waals surface area (Å²) in [5.74, 6) is -5.74. The van der Waals surface area contributed by atoms with E-state index in [9.17, 15) is 22.8 Å². The van der Waals surface area contributed by atoms with Crippen LogP contribution in [0.1, 0.15) is 12.5 Å². The molecule has 0 heterocycles. The van der Waals surface area contributed by atoms with Gasteiger partial charge >= 0.3 is 5.97 Å². The molecule has 0 spiro atoms. The van der Waals surface area contributed by atoms with Gasteiger partial charge in [0.05, 0.1) is 6.42 Å². The van der Waals surface area contributed by atoms with Gasteiger partial charge < -0.3 is 10.4 Å². The predicted molar refractivity (Wildman–Crippen MR) is 55.3 cm³/mol. The van der Waals surface area contributed by atoms with Crippen LogP contribution in [0.5, 0.6) is 0 Å². The van der Waals surface area contributed by atoms with Crippen molar-refractivity contribution in [3.8, 4) is 0 Å². The average molecular weight is 261 g/mol. The van der Waals surface area contributed by atoms with Gasteiger partial charge in [-0.3, -0.25) is 9.59 Å². The highest BCUT2D eigenvalue weighted by Gasteiger charge is 2.17. The largest absolute Gasteiger partial charge is 0.480 e. The Morgan fingerprint density at radius 2 is 1.78 bits per heavy atom. The minimum atomic E-state index is -1.35. The summed E-state index contributed by atoms with van der Waals surface area (Å²) >= 11 is 0. The maximum absolute atomic E-state index is 13.2. The summed E-state index contributed by atoms with van der Waals surface area (Å²) in [6.45, 7) is 1.22. The van der Waals surface area contributed by atoms with Crippen molar-refractivity contribution in [1.82, 2.24) is 5.32 Å². The molecular formula is C11H10F3NO3. The van der Waals surface area contributed by atoms with Crippen LogP contribution in [0, 0.1) is 17.5 Å². The molecular weight excluding hydrogens is 251 g/mol. The summed E-state index contributed by atoms with van der Waals surface area (Å²) in [5.41, 5.74) is -0.344. The highest BCUT2D eigenvalue weighted by Crippen LogP contribution is 2.14. The molecule has 1 rings (SSSR count). The Labute approximate surface area is 100 Å². The smallest absolute Gasteiger partial charge is 0.325 e. The molecule has 4 nitrogen and oxygen atoms in total. The number of nitrogens with one attached hydrogen (secondary N) is 1. The van der Waals surface area contributed by atoms with Crippen LogP contribution in [-0.4, -0.2) is 23.0 Å². The fourth-order valence-corrected chi connectivity index (χ4v) is 1.23. The topological polar surface area (TPSA) is 66.4 Å². The second-order valence-corrected chi connectivity index (χ2v) is 3.66. The zero-order valence-electron chi connectivity index (χ0n) is 9.34. The molecule has 0 fully saturated rings. The third kappa shape index (κ3) is 3.47. The van der Waals surface area contributed by atoms with Crippen molar-refractivity contribution < 1.29 is 27.9 Å². The van der Waals surface area contributed by atoms with Crippen molar-refractivity contribution in [2.75, 3.05) is 0 Å². The number of hydrogen-bond acceptors (Lipinski definition) is 2. The van der Waals surface area contributed by atoms with Crippen LogP contribution in [0.25, 0.3) is 0 Å². The normalized spacial score (nSPS) is 12.0. The predicted octanol–water partition coefficient (Wildman–Crippen LogP) is 1.24. The van der Waals surface area contributed by atoms with Crippen LogP contribution in [0.2, 0.25) is 0 Å². The van der Waals surface area contributed by atoms with Crippen molar-refractivity contribution in [3.05, 3.63) is 35.1 Å². The van der Waals surface area contributed by atoms with Crippen LogP contribution >= 0.6 is 0 Å². The number of carboxylic acid groups (broad SMARTS) is 1. The van der Waals surface area contributed by atoms with E-state index in [2.05, 4.69) is 5.32 Å². The van der Waals surface area contributed by atoms with Gasteiger partial charge in [0, 0.05) is 11.6 Å². The number of benzene rings is 1. The summed E-state index contributed by atoms with van der Waals surface area (Å²) in [7, 11) is 0. The average Bonchev–Trinajstić information content (AvgIpc) is 2.25. The number of hydrogen-bond donors (Lipinski definition) is 2. The summed E-state index contributed by atoms with van der Waals surface area (Å²) in [4.78, 5) is 21.8. The molecule has 0 aromatic heterocycles. The zero-order valence-corrected chi connectivity index (χ0v) is 9.34. The van der Waals surface area contributed by atoms with Gasteiger partial charge in [-0.05, 0) is 13.0 Å². The van der Waals surface area contributed by atoms with E-state index in [1.54, 1.807) is 0 Å². The van der Waals surface area contributed by atoms with Crippen molar-refractivity contribution in [2.24, 2.45) is 0 Å². The Hall–Kier alpha value is -2.05. The molecule has 7 heteroatoms. The first kappa shape index (κ1) is 14.0. The van der Waals surface area contributed by atoms with Crippen molar-refractivity contribution in [1.29, 1.82) is 0 Å². The van der Waals surface area contributed by atoms with E-state index in [1.165, 1.54) is 6.92 Å². The monoisotopic (exact) mass is 261 g/mol. The molecule has 0 aliphatic carbocycles. The molecule has 98 valence electrons. The standard InChI is InChI=1S/C11H10F3NO3/c1-5(11(17)18)15-10(16)3-6-2-8(13)9(14)4-7(6)12/h2,4-5H,3H2,1H3,(H,15,16)(H,17,18). The molecule has 0 aliphatic heterocycles. The summed E-state index contributed by atoms with van der Waals surface area (Å²) in [5, 5.41) is 10.6. The van der Waals surface area contributed by atoms with Crippen LogP contribution in [0.15, 0.2) is 12.1 Å². The highest BCUT2D eigenvalue weighted by molar-refractivity contribution is 5.84. The number of rotatable bonds is 4. The van der Waals surface area contributed by atoms with E-state index < -0.39 is 41.8 Å². The number of carbonyl (C=O) groups excluding carboxylic acids is 1. The quantitative estimate of drug-likeness (QED) is 0.801. The number of carbonyl (C=O) groups is 2. The second kappa shape index (κ2) is 5.52. The van der Waals surface area contributed by atoms with Crippen LogP contribution in [-0.2, 0) is 16.0 Å². The molecule has 1 atom stereocenters. The minimum absolute atomic E-state index is 0.332. The first-order valence-electron chi connectivity index (χ1n) is 4.97. The zero-order chi connectivity index (χ0) is 13.9. The van der Waals surface area contributed by atoms with Crippen molar-refractivity contribution >= 4 is 11.9 Å². The molecule has 1 unspecified atom stereocenters. The lowest BCUT2D eigenvalue weighted by molar-refractivity contribution is -0.141. The highest BCUT2D eigenvalue weighted by atomic mass is 19.2. The Bertz CT molecular complexity index is 491. The molecule has 1 amide bonds. The lowest BCUT2D eigenvalue weighted by Crippen LogP contribution is -2.39. The van der Waals surface area contributed by atoms with Gasteiger partial charge in [-0.2, -0.15) is 0 Å². The molecule has 1 aromatic carbocycles. The van der Waals surface area contributed by atoms with E-state index in [1.807, 2.05) is 0 Å². The molecule has 0 saturated carbocycles. The van der Waals surface area contributed by atoms with Gasteiger partial charge in [0.2, 0.25) is 5.91 Å². The first-order chi connectivity index (χ1) is 8.31. The summed E-state index contributed by atoms with van der Waals surface area (Å²) in [6.07, 6.45) is -0.569. The fraction of sp³-hybridized carbons (Fsp3) is 0.273. The molecule has 0 bridgehead atoms. The fourth-order valence-electron chi connectivity index (χ4n) is 1.23. The van der Waals surface area contributed by atoms with Gasteiger partial charge in [-0.25, -0.2) is 13.2 Å². The molecule has 0 aliphatic rings. The van der Waals surface area contributed by atoms with E-state index in [4.69, 9.17) is 5.11 Å². The SMILES string of the molecule is CC(NC(=O)Cc1cc(F)c(F)cc1F)C(=O)O. The second-order valence-electron chi connectivity index (χ2n) is 3.66. The lowest BCUT2D eigenvalue weighted by Gasteiger charge is -2.09. The Kier molecular flexibility index (Phi) is 4.30. The molecule has 2 N–H and O–H groups in total. The van der Waals surface area contributed by atoms with Gasteiger partial charge in [0.25, 0.3) is 0 Å². The number of halogens is 3. The molecule has 0 radical (unpaired) electrons. The van der Waals surface area contributed by atoms with Crippen LogP contribution < -0.4 is 5.32 Å². The molecule has 1 aromatic rings. The van der Waals surface area contributed by atoms with Gasteiger partial charge in [0.15, 0.2) is 11.6 Å². The minimum Gasteiger partial charge on any atom is -0.480 e. The van der Waals surface area contributed by atoms with Crippen molar-refractivity contribution in [2.45, 2.75) is 19.4 Å². The number of carboxylic acids is 1. The van der Waals surface area contributed by atoms with Gasteiger partial charge in [-0.1, -0.05) is 0 Å². The lowest BCUT2D eigenvalue weighted by atomic mass is 10.1. The number of amides is 1. The first-order valence-corrected chi connectivity index (χ1v) is 4.97. The van der Waals surface area contributed by atoms with Gasteiger partial charge in [0.1, 0.15) is 11.9 Å². The number of aliphatic carboxylic acids is 1. The Morgan fingerprint density at radius 3 is 2.33 bits per heavy atom. The third-order valence-corrected chi connectivity index (χ3v) is 2.19. The summed E-state index contributed by atoms with van der Waals surface area (Å²) in [6, 6.07) is -0.250. The Balaban J connectivity index is 2.76. The summed E-state index contributed by atoms with van der Waals surface area (Å²) < 4.78 is 38.6. The van der Waals surface area contributed by atoms with Crippen molar-refractivity contribution in [3.63, 3.8) is 0 Å². The van der Waals surface area contributed by atoms with Gasteiger partial charge in [-0.15, -0.1) is 0 Å². The van der Waals surface area contributed by atoms with E-state index in [0.29, 0.717) is 12.1 Å². The van der Waals surface area contributed by atoms with Crippen LogP contribution in [0.3, 0.4) is 0 Å². The maximum atomic E-state index is 13.2. The molecule has 18 heavy (non-hydrogen) atoms. The van der Waals surface area contributed by atoms with Crippen LogP contribution in [0.4, 0.5) is 13.2 Å².